The molecule has 6 aliphatic carbocycles. The molecular formula is C72H120. The van der Waals surface area contributed by atoms with Crippen molar-refractivity contribution in [1.29, 1.82) is 0 Å². The number of rotatable bonds is 26. The first-order valence-electron chi connectivity index (χ1n) is 33.6. The molecule has 0 bridgehead atoms. The van der Waals surface area contributed by atoms with Crippen molar-refractivity contribution in [3.8, 4) is 0 Å². The Balaban J connectivity index is 0.000000212. The molecule has 0 spiro atoms. The van der Waals surface area contributed by atoms with Crippen molar-refractivity contribution in [2.45, 2.75) is 322 Å². The third kappa shape index (κ3) is 20.8. The van der Waals surface area contributed by atoms with Gasteiger partial charge in [0.2, 0.25) is 0 Å². The zero-order chi connectivity index (χ0) is 50.0. The van der Waals surface area contributed by atoms with Crippen molar-refractivity contribution < 1.29 is 0 Å². The molecule has 2 aromatic rings. The monoisotopic (exact) mass is 985 g/mol. The lowest BCUT2D eigenvalue weighted by molar-refractivity contribution is 0.208. The fourth-order valence-electron chi connectivity index (χ4n) is 16.4. The first-order valence-corrected chi connectivity index (χ1v) is 33.6. The van der Waals surface area contributed by atoms with Gasteiger partial charge in [-0.3, -0.25) is 0 Å². The highest BCUT2D eigenvalue weighted by Crippen LogP contribution is 2.43. The Labute approximate surface area is 449 Å². The molecule has 0 N–H and O–H groups in total. The number of aryl methyl sites for hydroxylation is 2. The topological polar surface area (TPSA) is 0 Å². The Bertz CT molecular complexity index is 1600. The second-order valence-electron chi connectivity index (χ2n) is 27.2. The average Bonchev–Trinajstić information content (AvgIpc) is 3.44. The van der Waals surface area contributed by atoms with Gasteiger partial charge in [-0.2, -0.15) is 0 Å². The van der Waals surface area contributed by atoms with E-state index in [-0.39, 0.29) is 0 Å². The fraction of sp³-hybridized carbons (Fsp3) is 0.833. The molecule has 0 heteroatoms. The second-order valence-corrected chi connectivity index (χ2v) is 27.2. The summed E-state index contributed by atoms with van der Waals surface area (Å²) >= 11 is 0. The van der Waals surface area contributed by atoms with Crippen molar-refractivity contribution >= 4 is 0 Å². The van der Waals surface area contributed by atoms with Gasteiger partial charge in [0.25, 0.3) is 0 Å². The summed E-state index contributed by atoms with van der Waals surface area (Å²) in [6.45, 7) is 9.37. The molecule has 0 nitrogen and oxygen atoms in total. The average molecular weight is 986 g/mol. The number of hydrogen-bond acceptors (Lipinski definition) is 0. The normalized spacial score (nSPS) is 31.4. The van der Waals surface area contributed by atoms with E-state index < -0.39 is 0 Å². The molecule has 6 fully saturated rings. The lowest BCUT2D eigenvalue weighted by Gasteiger charge is -2.32. The van der Waals surface area contributed by atoms with E-state index in [9.17, 15) is 0 Å². The second kappa shape index (κ2) is 33.6. The van der Waals surface area contributed by atoms with Crippen LogP contribution < -0.4 is 0 Å². The zero-order valence-corrected chi connectivity index (χ0v) is 48.7. The van der Waals surface area contributed by atoms with E-state index in [1.54, 1.807) is 99.3 Å². The summed E-state index contributed by atoms with van der Waals surface area (Å²) in [5.41, 5.74) is 6.42. The maximum absolute atomic E-state index is 2.49. The molecule has 2 aromatic carbocycles. The van der Waals surface area contributed by atoms with Crippen LogP contribution in [0.5, 0.6) is 0 Å². The summed E-state index contributed by atoms with van der Waals surface area (Å²) in [6.07, 6.45) is 65.0. The number of hydrogen-bond donors (Lipinski definition) is 0. The van der Waals surface area contributed by atoms with Gasteiger partial charge in [0.15, 0.2) is 0 Å². The molecule has 0 amide bonds. The zero-order valence-electron chi connectivity index (χ0n) is 48.7. The van der Waals surface area contributed by atoms with E-state index in [2.05, 4.69) is 76.2 Å². The van der Waals surface area contributed by atoms with E-state index in [1.807, 2.05) is 0 Å². The third-order valence-electron chi connectivity index (χ3n) is 22.1. The van der Waals surface area contributed by atoms with Crippen LogP contribution in [0.1, 0.15) is 331 Å². The lowest BCUT2D eigenvalue weighted by atomic mass is 9.74. The van der Waals surface area contributed by atoms with Crippen LogP contribution in [0.25, 0.3) is 0 Å². The summed E-state index contributed by atoms with van der Waals surface area (Å²) in [5, 5.41) is 0. The summed E-state index contributed by atoms with van der Waals surface area (Å²) in [6, 6.07) is 19.8. The fourth-order valence-corrected chi connectivity index (χ4v) is 16.4. The maximum Gasteiger partial charge on any atom is -0.0162 e. The van der Waals surface area contributed by atoms with Crippen LogP contribution in [0.4, 0.5) is 0 Å². The minimum absolute atomic E-state index is 0.836. The van der Waals surface area contributed by atoms with Crippen molar-refractivity contribution in [1.82, 2.24) is 0 Å². The molecule has 0 radical (unpaired) electrons. The molecule has 0 aromatic heterocycles. The molecule has 0 saturated heterocycles. The first kappa shape index (κ1) is 58.1. The molecule has 408 valence electrons. The molecule has 0 aliphatic heterocycles. The molecule has 6 saturated carbocycles. The highest BCUT2D eigenvalue weighted by Gasteiger charge is 2.28. The lowest BCUT2D eigenvalue weighted by Crippen LogP contribution is -2.18. The van der Waals surface area contributed by atoms with Crippen LogP contribution >= 0.6 is 0 Å². The van der Waals surface area contributed by atoms with Crippen molar-refractivity contribution in [3.05, 3.63) is 70.8 Å². The van der Waals surface area contributed by atoms with E-state index in [0.717, 1.165) is 71.0 Å². The molecule has 0 unspecified atom stereocenters. The molecule has 72 heavy (non-hydrogen) atoms. The highest BCUT2D eigenvalue weighted by molar-refractivity contribution is 5.27. The molecular weight excluding hydrogens is 865 g/mol. The number of benzene rings is 2. The Morgan fingerprint density at radius 2 is 0.500 bits per heavy atom. The van der Waals surface area contributed by atoms with E-state index in [4.69, 9.17) is 0 Å². The van der Waals surface area contributed by atoms with Crippen LogP contribution in [0.3, 0.4) is 0 Å². The quantitative estimate of drug-likeness (QED) is 0.0824. The van der Waals surface area contributed by atoms with E-state index >= 15 is 0 Å². The minimum Gasteiger partial charge on any atom is -0.0654 e. The molecule has 6 aliphatic rings. The SMILES string of the molecule is CCCCC[C@H]1CC[C@H](CC[C@H]2CC[C@H](CCc3ccc([C@H]4CC[C@H](CC)CC4)cc3)CC2)CC1.CCCCC[C@H]1CC[C@H](CC[C@H]2CC[C@H](CCc3ccc([C@H]4CC[C@H](CCCC)CC4)cc3)CC2)CC1. The number of unbranched alkanes of at least 4 members (excludes halogenated alkanes) is 5. The van der Waals surface area contributed by atoms with Crippen molar-refractivity contribution in [2.75, 3.05) is 0 Å². The Hall–Kier alpha value is -1.56. The Kier molecular flexibility index (Phi) is 27.1. The Morgan fingerprint density at radius 1 is 0.250 bits per heavy atom. The van der Waals surface area contributed by atoms with Gasteiger partial charge in [-0.15, -0.1) is 0 Å². The highest BCUT2D eigenvalue weighted by atomic mass is 14.3. The summed E-state index contributed by atoms with van der Waals surface area (Å²) in [7, 11) is 0. The van der Waals surface area contributed by atoms with Gasteiger partial charge in [0, 0.05) is 0 Å². The smallest absolute Gasteiger partial charge is 0.0162 e. The van der Waals surface area contributed by atoms with Crippen LogP contribution in [0, 0.1) is 59.2 Å². The molecule has 0 atom stereocenters. The van der Waals surface area contributed by atoms with Crippen LogP contribution in [-0.2, 0) is 12.8 Å². The van der Waals surface area contributed by atoms with Gasteiger partial charge in [-0.1, -0.05) is 282 Å². The van der Waals surface area contributed by atoms with E-state index in [0.29, 0.717) is 0 Å². The molecule has 8 rings (SSSR count). The maximum atomic E-state index is 2.49. The van der Waals surface area contributed by atoms with Crippen LogP contribution in [0.15, 0.2) is 48.5 Å². The summed E-state index contributed by atoms with van der Waals surface area (Å²) in [4.78, 5) is 0. The molecule has 0 heterocycles. The van der Waals surface area contributed by atoms with Gasteiger partial charge in [-0.25, -0.2) is 0 Å². The Morgan fingerprint density at radius 3 is 0.792 bits per heavy atom. The van der Waals surface area contributed by atoms with Gasteiger partial charge >= 0.3 is 0 Å². The largest absolute Gasteiger partial charge is 0.0654 e. The van der Waals surface area contributed by atoms with Crippen LogP contribution in [0.2, 0.25) is 0 Å². The summed E-state index contributed by atoms with van der Waals surface area (Å²) < 4.78 is 0. The van der Waals surface area contributed by atoms with Crippen LogP contribution in [-0.4, -0.2) is 0 Å². The first-order chi connectivity index (χ1) is 35.5. The van der Waals surface area contributed by atoms with Gasteiger partial charge in [-0.05, 0) is 170 Å². The van der Waals surface area contributed by atoms with Gasteiger partial charge < -0.3 is 0 Å². The third-order valence-corrected chi connectivity index (χ3v) is 22.1. The van der Waals surface area contributed by atoms with Gasteiger partial charge in [0.05, 0.1) is 0 Å². The van der Waals surface area contributed by atoms with Crippen molar-refractivity contribution in [3.63, 3.8) is 0 Å². The minimum atomic E-state index is 0.836. The van der Waals surface area contributed by atoms with E-state index in [1.165, 1.54) is 205 Å². The standard InChI is InChI=1S/C37H62.C35H58/c1-3-5-7-9-31-10-12-32(13-11-31)14-15-33-16-18-34(19-17-33)20-21-35-24-28-37(29-25-35)36-26-22-30(23-27-36)8-6-4-2;1-3-5-6-7-29-8-10-30(11-9-29)12-13-31-14-16-32(17-15-31)18-19-33-22-26-35(27-23-33)34-24-20-28(4-2)21-25-34/h24-25,28-34,36H,3-23,26-27H2,1-2H3;22-23,26-32,34H,3-21,24-25H2,1-2H3/t30-,31-,32-,33-,34-,36-;28-,29-,30-,31-,32-,34-. The van der Waals surface area contributed by atoms with Gasteiger partial charge in [0.1, 0.15) is 0 Å². The predicted molar refractivity (Wildman–Crippen MR) is 317 cm³/mol. The van der Waals surface area contributed by atoms with Crippen molar-refractivity contribution in [2.24, 2.45) is 59.2 Å². The predicted octanol–water partition coefficient (Wildman–Crippen LogP) is 23.3. The summed E-state index contributed by atoms with van der Waals surface area (Å²) in [5.74, 6) is 12.1.